The number of carbonyl (C=O) groups is 1. The first-order valence-electron chi connectivity index (χ1n) is 5.63. The van der Waals surface area contributed by atoms with Gasteiger partial charge in [0.1, 0.15) is 5.82 Å². The fourth-order valence-corrected chi connectivity index (χ4v) is 2.34. The fourth-order valence-electron chi connectivity index (χ4n) is 1.79. The number of thiazole rings is 1. The van der Waals surface area contributed by atoms with Crippen LogP contribution in [0.4, 0.5) is 4.39 Å². The standard InChI is InChI=1S/C13H13FN2O2S/c1-16(6-10-7-19-8-15-10)5-9-2-3-11(13(17)18)12(14)4-9/h2-4,7-8H,5-6H2,1H3,(H,17,18). The maximum atomic E-state index is 13.5. The molecule has 0 bridgehead atoms. The minimum absolute atomic E-state index is 0.300. The summed E-state index contributed by atoms with van der Waals surface area (Å²) < 4.78 is 13.5. The molecule has 1 N–H and O–H groups in total. The second kappa shape index (κ2) is 5.90. The highest BCUT2D eigenvalue weighted by molar-refractivity contribution is 7.07. The van der Waals surface area contributed by atoms with Crippen LogP contribution in [-0.2, 0) is 13.1 Å². The summed E-state index contributed by atoms with van der Waals surface area (Å²) in [5.41, 5.74) is 3.17. The van der Waals surface area contributed by atoms with Gasteiger partial charge in [-0.3, -0.25) is 4.90 Å². The van der Waals surface area contributed by atoms with Crippen LogP contribution in [0.3, 0.4) is 0 Å². The van der Waals surface area contributed by atoms with E-state index < -0.39 is 11.8 Å². The molecule has 19 heavy (non-hydrogen) atoms. The van der Waals surface area contributed by atoms with Crippen LogP contribution in [-0.4, -0.2) is 28.0 Å². The minimum Gasteiger partial charge on any atom is -0.478 e. The molecule has 0 atom stereocenters. The lowest BCUT2D eigenvalue weighted by Crippen LogP contribution is -2.17. The predicted molar refractivity (Wildman–Crippen MR) is 70.6 cm³/mol. The van der Waals surface area contributed by atoms with E-state index in [9.17, 15) is 9.18 Å². The molecule has 0 saturated heterocycles. The first-order chi connectivity index (χ1) is 9.06. The van der Waals surface area contributed by atoms with Crippen LogP contribution >= 0.6 is 11.3 Å². The molecule has 0 unspecified atom stereocenters. The zero-order valence-corrected chi connectivity index (χ0v) is 11.2. The van der Waals surface area contributed by atoms with Crippen molar-refractivity contribution in [1.29, 1.82) is 0 Å². The van der Waals surface area contributed by atoms with E-state index in [0.29, 0.717) is 13.1 Å². The van der Waals surface area contributed by atoms with Gasteiger partial charge in [0.05, 0.1) is 16.8 Å². The summed E-state index contributed by atoms with van der Waals surface area (Å²) in [4.78, 5) is 16.9. The van der Waals surface area contributed by atoms with Crippen molar-refractivity contribution in [1.82, 2.24) is 9.88 Å². The molecule has 0 spiro atoms. The van der Waals surface area contributed by atoms with Crippen LogP contribution in [0.25, 0.3) is 0 Å². The Labute approximate surface area is 114 Å². The SMILES string of the molecule is CN(Cc1ccc(C(=O)O)c(F)c1)Cc1cscn1. The highest BCUT2D eigenvalue weighted by Crippen LogP contribution is 2.13. The molecule has 0 saturated carbocycles. The molecular formula is C13H13FN2O2S. The molecule has 1 aromatic carbocycles. The minimum atomic E-state index is -1.25. The van der Waals surface area contributed by atoms with E-state index in [2.05, 4.69) is 4.98 Å². The van der Waals surface area contributed by atoms with Gasteiger partial charge in [-0.25, -0.2) is 14.2 Å². The van der Waals surface area contributed by atoms with Gasteiger partial charge >= 0.3 is 5.97 Å². The summed E-state index contributed by atoms with van der Waals surface area (Å²) in [6.45, 7) is 1.21. The average molecular weight is 280 g/mol. The zero-order chi connectivity index (χ0) is 13.8. The van der Waals surface area contributed by atoms with Gasteiger partial charge in [0.15, 0.2) is 0 Å². The fraction of sp³-hybridized carbons (Fsp3) is 0.231. The Hall–Kier alpha value is -1.79. The van der Waals surface area contributed by atoms with Gasteiger partial charge in [0.2, 0.25) is 0 Å². The van der Waals surface area contributed by atoms with Gasteiger partial charge < -0.3 is 5.11 Å². The molecule has 2 rings (SSSR count). The van der Waals surface area contributed by atoms with Crippen molar-refractivity contribution < 1.29 is 14.3 Å². The Kier molecular flexibility index (Phi) is 4.24. The summed E-state index contributed by atoms with van der Waals surface area (Å²) in [7, 11) is 1.91. The Morgan fingerprint density at radius 2 is 2.26 bits per heavy atom. The molecule has 2 aromatic rings. The summed E-state index contributed by atoms with van der Waals surface area (Å²) in [6.07, 6.45) is 0. The number of rotatable bonds is 5. The largest absolute Gasteiger partial charge is 0.478 e. The third-order valence-electron chi connectivity index (χ3n) is 2.63. The van der Waals surface area contributed by atoms with Gasteiger partial charge in [-0.1, -0.05) is 6.07 Å². The number of aromatic carboxylic acids is 1. The van der Waals surface area contributed by atoms with Crippen molar-refractivity contribution >= 4 is 17.3 Å². The van der Waals surface area contributed by atoms with Crippen LogP contribution in [0, 0.1) is 5.82 Å². The molecule has 100 valence electrons. The summed E-state index contributed by atoms with van der Waals surface area (Å²) in [5.74, 6) is -1.95. The van der Waals surface area contributed by atoms with E-state index >= 15 is 0 Å². The van der Waals surface area contributed by atoms with Crippen LogP contribution in [0.1, 0.15) is 21.6 Å². The van der Waals surface area contributed by atoms with Crippen LogP contribution in [0.15, 0.2) is 29.1 Å². The molecule has 0 amide bonds. The van der Waals surface area contributed by atoms with Crippen LogP contribution in [0.2, 0.25) is 0 Å². The van der Waals surface area contributed by atoms with E-state index in [4.69, 9.17) is 5.11 Å². The second-order valence-electron chi connectivity index (χ2n) is 4.27. The predicted octanol–water partition coefficient (Wildman–Crippen LogP) is 2.61. The third-order valence-corrected chi connectivity index (χ3v) is 3.27. The van der Waals surface area contributed by atoms with E-state index in [1.54, 1.807) is 11.6 Å². The van der Waals surface area contributed by atoms with Gasteiger partial charge in [0, 0.05) is 18.5 Å². The first kappa shape index (κ1) is 13.6. The number of carboxylic acid groups (broad SMARTS) is 1. The molecule has 1 heterocycles. The summed E-state index contributed by atoms with van der Waals surface area (Å²) in [6, 6.07) is 4.19. The zero-order valence-electron chi connectivity index (χ0n) is 10.3. The molecule has 1 aromatic heterocycles. The second-order valence-corrected chi connectivity index (χ2v) is 4.99. The lowest BCUT2D eigenvalue weighted by Gasteiger charge is -2.15. The first-order valence-corrected chi connectivity index (χ1v) is 6.58. The number of hydrogen-bond acceptors (Lipinski definition) is 4. The molecule has 0 radical (unpaired) electrons. The molecule has 6 heteroatoms. The monoisotopic (exact) mass is 280 g/mol. The smallest absolute Gasteiger partial charge is 0.338 e. The van der Waals surface area contributed by atoms with Crippen LogP contribution < -0.4 is 0 Å². The lowest BCUT2D eigenvalue weighted by atomic mass is 10.1. The van der Waals surface area contributed by atoms with Crippen molar-refractivity contribution in [3.63, 3.8) is 0 Å². The molecule has 0 fully saturated rings. The van der Waals surface area contributed by atoms with Gasteiger partial charge in [0.25, 0.3) is 0 Å². The Balaban J connectivity index is 2.03. The Bertz CT molecular complexity index is 572. The number of nitrogens with zero attached hydrogens (tertiary/aromatic N) is 2. The molecule has 0 aliphatic carbocycles. The maximum Gasteiger partial charge on any atom is 0.338 e. The summed E-state index contributed by atoms with van der Waals surface area (Å²) >= 11 is 1.53. The average Bonchev–Trinajstić information content (AvgIpc) is 2.81. The molecule has 0 aliphatic rings. The summed E-state index contributed by atoms with van der Waals surface area (Å²) in [5, 5.41) is 10.7. The topological polar surface area (TPSA) is 53.4 Å². The lowest BCUT2D eigenvalue weighted by molar-refractivity contribution is 0.0692. The highest BCUT2D eigenvalue weighted by Gasteiger charge is 2.11. The maximum absolute atomic E-state index is 13.5. The molecule has 4 nitrogen and oxygen atoms in total. The molecule has 0 aliphatic heterocycles. The number of carboxylic acids is 1. The van der Waals surface area contributed by atoms with Gasteiger partial charge in [-0.2, -0.15) is 0 Å². The Morgan fingerprint density at radius 3 is 2.84 bits per heavy atom. The van der Waals surface area contributed by atoms with Crippen molar-refractivity contribution in [2.24, 2.45) is 0 Å². The van der Waals surface area contributed by atoms with E-state index in [1.165, 1.54) is 23.5 Å². The van der Waals surface area contributed by atoms with E-state index in [-0.39, 0.29) is 5.56 Å². The van der Waals surface area contributed by atoms with Crippen LogP contribution in [0.5, 0.6) is 0 Å². The number of hydrogen-bond donors (Lipinski definition) is 1. The quantitative estimate of drug-likeness (QED) is 0.914. The highest BCUT2D eigenvalue weighted by atomic mass is 32.1. The van der Waals surface area contributed by atoms with E-state index in [1.807, 2.05) is 17.3 Å². The van der Waals surface area contributed by atoms with Crippen molar-refractivity contribution in [2.75, 3.05) is 7.05 Å². The third kappa shape index (κ3) is 3.59. The number of halogens is 1. The number of aromatic nitrogens is 1. The Morgan fingerprint density at radius 1 is 1.47 bits per heavy atom. The van der Waals surface area contributed by atoms with Gasteiger partial charge in [-0.05, 0) is 24.7 Å². The van der Waals surface area contributed by atoms with Crippen molar-refractivity contribution in [2.45, 2.75) is 13.1 Å². The number of benzene rings is 1. The van der Waals surface area contributed by atoms with Crippen molar-refractivity contribution in [3.05, 3.63) is 51.7 Å². The van der Waals surface area contributed by atoms with Gasteiger partial charge in [-0.15, -0.1) is 11.3 Å². The molecular weight excluding hydrogens is 267 g/mol. The normalized spacial score (nSPS) is 10.9. The van der Waals surface area contributed by atoms with Crippen molar-refractivity contribution in [3.8, 4) is 0 Å². The van der Waals surface area contributed by atoms with E-state index in [0.717, 1.165) is 11.3 Å².